The van der Waals surface area contributed by atoms with Gasteiger partial charge in [-0.2, -0.15) is 0 Å². The number of benzene rings is 1. The van der Waals surface area contributed by atoms with Gasteiger partial charge in [-0.1, -0.05) is 6.92 Å². The number of carbonyl (C=O) groups is 1. The number of aromatic nitrogens is 2. The topological polar surface area (TPSA) is 64.2 Å². The third-order valence-electron chi connectivity index (χ3n) is 4.30. The van der Waals surface area contributed by atoms with E-state index in [1.807, 2.05) is 4.90 Å². The number of rotatable bonds is 3. The zero-order chi connectivity index (χ0) is 15.7. The van der Waals surface area contributed by atoms with Crippen LogP contribution in [0.2, 0.25) is 0 Å². The van der Waals surface area contributed by atoms with Gasteiger partial charge in [0.05, 0.1) is 12.5 Å². The average Bonchev–Trinajstić information content (AvgIpc) is 3.15. The van der Waals surface area contributed by atoms with Crippen LogP contribution in [0, 0.1) is 11.2 Å². The molecule has 1 fully saturated rings. The molecule has 0 aliphatic carbocycles. The van der Waals surface area contributed by atoms with E-state index in [2.05, 4.69) is 11.9 Å². The molecule has 1 atom stereocenters. The van der Waals surface area contributed by atoms with Crippen LogP contribution in [0.3, 0.4) is 0 Å². The summed E-state index contributed by atoms with van der Waals surface area (Å²) >= 11 is 0. The van der Waals surface area contributed by atoms with Gasteiger partial charge in [0.2, 0.25) is 0 Å². The lowest BCUT2D eigenvalue weighted by atomic mass is 9.90. The molecular weight excluding hydrogens is 283 g/mol. The first-order valence-corrected chi connectivity index (χ1v) is 7.30. The van der Waals surface area contributed by atoms with E-state index in [9.17, 15) is 9.18 Å². The van der Waals surface area contributed by atoms with Crippen molar-refractivity contribution >= 4 is 5.91 Å². The lowest BCUT2D eigenvalue weighted by Gasteiger charge is -2.22. The van der Waals surface area contributed by atoms with E-state index < -0.39 is 0 Å². The highest BCUT2D eigenvalue weighted by Crippen LogP contribution is 2.29. The summed E-state index contributed by atoms with van der Waals surface area (Å²) in [5.74, 6) is -0.381. The lowest BCUT2D eigenvalue weighted by Crippen LogP contribution is -2.35. The summed E-state index contributed by atoms with van der Waals surface area (Å²) in [6.07, 6.45) is 4.02. The van der Waals surface area contributed by atoms with Gasteiger partial charge in [-0.05, 0) is 42.6 Å². The summed E-state index contributed by atoms with van der Waals surface area (Å²) in [7, 11) is 0. The second-order valence-electron chi connectivity index (χ2n) is 6.12. The molecule has 5 nitrogen and oxygen atoms in total. The van der Waals surface area contributed by atoms with Crippen molar-refractivity contribution in [1.29, 1.82) is 0 Å². The number of amides is 1. The Kier molecular flexibility index (Phi) is 3.70. The van der Waals surface area contributed by atoms with Gasteiger partial charge in [0.1, 0.15) is 11.5 Å². The van der Waals surface area contributed by atoms with Crippen molar-refractivity contribution in [2.24, 2.45) is 11.1 Å². The Bertz CT molecular complexity index is 682. The van der Waals surface area contributed by atoms with Gasteiger partial charge in [-0.25, -0.2) is 9.37 Å². The number of likely N-dealkylation sites (tertiary alicyclic amines) is 1. The van der Waals surface area contributed by atoms with Crippen LogP contribution in [0.15, 0.2) is 36.8 Å². The average molecular weight is 302 g/mol. The number of halogens is 1. The minimum Gasteiger partial charge on any atom is -0.337 e. The standard InChI is InChI=1S/C16H19FN4O/c1-16(9-18)6-7-20(10-16)15(22)14-8-19-11-21(14)13-4-2-12(17)3-5-13/h2-5,8,11H,6-7,9-10,18H2,1H3. The number of nitrogens with two attached hydrogens (primary N) is 1. The molecule has 2 N–H and O–H groups in total. The summed E-state index contributed by atoms with van der Waals surface area (Å²) in [6, 6.07) is 5.99. The molecule has 0 spiro atoms. The quantitative estimate of drug-likeness (QED) is 0.940. The Labute approximate surface area is 128 Å². The van der Waals surface area contributed by atoms with Crippen LogP contribution >= 0.6 is 0 Å². The molecule has 1 aliphatic heterocycles. The minimum atomic E-state index is -0.310. The molecule has 1 aromatic carbocycles. The Morgan fingerprint density at radius 2 is 2.14 bits per heavy atom. The van der Waals surface area contributed by atoms with Gasteiger partial charge in [0.15, 0.2) is 0 Å². The van der Waals surface area contributed by atoms with Crippen molar-refractivity contribution in [2.45, 2.75) is 13.3 Å². The molecule has 6 heteroatoms. The second-order valence-corrected chi connectivity index (χ2v) is 6.12. The van der Waals surface area contributed by atoms with Crippen molar-refractivity contribution in [3.05, 3.63) is 48.3 Å². The maximum atomic E-state index is 13.0. The first-order valence-electron chi connectivity index (χ1n) is 7.30. The zero-order valence-corrected chi connectivity index (χ0v) is 12.5. The molecule has 1 aromatic heterocycles. The molecular formula is C16H19FN4O. The molecule has 1 unspecified atom stereocenters. The van der Waals surface area contributed by atoms with Crippen molar-refractivity contribution in [2.75, 3.05) is 19.6 Å². The molecule has 2 heterocycles. The number of hydrogen-bond donors (Lipinski definition) is 1. The largest absolute Gasteiger partial charge is 0.337 e. The molecule has 2 aromatic rings. The van der Waals surface area contributed by atoms with Crippen LogP contribution in [0.5, 0.6) is 0 Å². The maximum absolute atomic E-state index is 13.0. The third kappa shape index (κ3) is 2.62. The molecule has 3 rings (SSSR count). The summed E-state index contributed by atoms with van der Waals surface area (Å²) < 4.78 is 14.7. The van der Waals surface area contributed by atoms with E-state index >= 15 is 0 Å². The highest BCUT2D eigenvalue weighted by atomic mass is 19.1. The maximum Gasteiger partial charge on any atom is 0.272 e. The van der Waals surface area contributed by atoms with Gasteiger partial charge >= 0.3 is 0 Å². The molecule has 0 radical (unpaired) electrons. The van der Waals surface area contributed by atoms with E-state index in [1.54, 1.807) is 29.2 Å². The molecule has 1 amide bonds. The molecule has 116 valence electrons. The monoisotopic (exact) mass is 302 g/mol. The highest BCUT2D eigenvalue weighted by molar-refractivity contribution is 5.93. The fraction of sp³-hybridized carbons (Fsp3) is 0.375. The summed E-state index contributed by atoms with van der Waals surface area (Å²) in [5.41, 5.74) is 6.97. The lowest BCUT2D eigenvalue weighted by molar-refractivity contribution is 0.0769. The van der Waals surface area contributed by atoms with E-state index in [1.165, 1.54) is 12.1 Å². The van der Waals surface area contributed by atoms with Crippen LogP contribution in [-0.2, 0) is 0 Å². The van der Waals surface area contributed by atoms with Gasteiger partial charge in [-0.3, -0.25) is 9.36 Å². The van der Waals surface area contributed by atoms with Gasteiger partial charge in [0.25, 0.3) is 5.91 Å². The Hall–Kier alpha value is -2.21. The first kappa shape index (κ1) is 14.7. The third-order valence-corrected chi connectivity index (χ3v) is 4.30. The van der Waals surface area contributed by atoms with E-state index in [4.69, 9.17) is 5.73 Å². The molecule has 1 aliphatic rings. The summed E-state index contributed by atoms with van der Waals surface area (Å²) in [6.45, 7) is 4.00. The summed E-state index contributed by atoms with van der Waals surface area (Å²) in [4.78, 5) is 18.6. The van der Waals surface area contributed by atoms with Crippen LogP contribution in [0.1, 0.15) is 23.8 Å². The minimum absolute atomic E-state index is 0.0175. The molecule has 1 saturated heterocycles. The fourth-order valence-corrected chi connectivity index (χ4v) is 2.79. The molecule has 22 heavy (non-hydrogen) atoms. The van der Waals surface area contributed by atoms with Crippen molar-refractivity contribution in [1.82, 2.24) is 14.5 Å². The Morgan fingerprint density at radius 1 is 1.41 bits per heavy atom. The first-order chi connectivity index (χ1) is 10.5. The predicted molar refractivity (Wildman–Crippen MR) is 81.2 cm³/mol. The Morgan fingerprint density at radius 3 is 2.77 bits per heavy atom. The van der Waals surface area contributed by atoms with Crippen molar-refractivity contribution in [3.63, 3.8) is 0 Å². The second kappa shape index (κ2) is 5.53. The van der Waals surface area contributed by atoms with Gasteiger partial charge in [0, 0.05) is 18.8 Å². The highest BCUT2D eigenvalue weighted by Gasteiger charge is 2.36. The van der Waals surface area contributed by atoms with Gasteiger partial charge in [-0.15, -0.1) is 0 Å². The Balaban J connectivity index is 1.86. The number of carbonyl (C=O) groups excluding carboxylic acids is 1. The van der Waals surface area contributed by atoms with Crippen LogP contribution < -0.4 is 5.73 Å². The van der Waals surface area contributed by atoms with Crippen molar-refractivity contribution in [3.8, 4) is 5.69 Å². The van der Waals surface area contributed by atoms with Crippen LogP contribution in [0.25, 0.3) is 5.69 Å². The van der Waals surface area contributed by atoms with E-state index in [-0.39, 0.29) is 17.1 Å². The number of hydrogen-bond acceptors (Lipinski definition) is 3. The zero-order valence-electron chi connectivity index (χ0n) is 12.5. The van der Waals surface area contributed by atoms with Gasteiger partial charge < -0.3 is 10.6 Å². The SMILES string of the molecule is CC1(CN)CCN(C(=O)c2cncn2-c2ccc(F)cc2)C1. The molecule has 0 bridgehead atoms. The normalized spacial score (nSPS) is 21.3. The van der Waals surface area contributed by atoms with E-state index in [0.29, 0.717) is 31.0 Å². The number of imidazole rings is 1. The van der Waals surface area contributed by atoms with Crippen LogP contribution in [0.4, 0.5) is 4.39 Å². The smallest absolute Gasteiger partial charge is 0.272 e. The van der Waals surface area contributed by atoms with Crippen LogP contribution in [-0.4, -0.2) is 40.0 Å². The number of nitrogens with zero attached hydrogens (tertiary/aromatic N) is 3. The summed E-state index contributed by atoms with van der Waals surface area (Å²) in [5, 5.41) is 0. The van der Waals surface area contributed by atoms with Crippen molar-refractivity contribution < 1.29 is 9.18 Å². The molecule has 0 saturated carbocycles. The van der Waals surface area contributed by atoms with E-state index in [0.717, 1.165) is 6.42 Å². The predicted octanol–water partition coefficient (Wildman–Crippen LogP) is 1.82. The fourth-order valence-electron chi connectivity index (χ4n) is 2.79.